The first-order valence-electron chi connectivity index (χ1n) is 9.15. The third-order valence-electron chi connectivity index (χ3n) is 4.39. The number of piperazine rings is 1. The SMILES string of the molecule is CCCCOC(=O)CC1C(=O)NCCN1C(=O)CNc1ccc(C)c(Cl)c1. The van der Waals surface area contributed by atoms with E-state index in [-0.39, 0.29) is 24.8 Å². The monoisotopic (exact) mass is 395 g/mol. The summed E-state index contributed by atoms with van der Waals surface area (Å²) in [6.45, 7) is 4.95. The van der Waals surface area contributed by atoms with Crippen LogP contribution in [0.2, 0.25) is 5.02 Å². The van der Waals surface area contributed by atoms with Crippen molar-refractivity contribution in [3.63, 3.8) is 0 Å². The third kappa shape index (κ3) is 6.13. The lowest BCUT2D eigenvalue weighted by molar-refractivity contribution is -0.151. The number of carbonyl (C=O) groups excluding carboxylic acids is 3. The van der Waals surface area contributed by atoms with E-state index in [1.165, 1.54) is 4.90 Å². The van der Waals surface area contributed by atoms with Gasteiger partial charge in [-0.1, -0.05) is 31.0 Å². The Balaban J connectivity index is 1.95. The van der Waals surface area contributed by atoms with E-state index < -0.39 is 12.0 Å². The predicted octanol–water partition coefficient (Wildman–Crippen LogP) is 2.12. The molecule has 1 heterocycles. The number of nitrogens with zero attached hydrogens (tertiary/aromatic N) is 1. The van der Waals surface area contributed by atoms with Gasteiger partial charge in [-0.15, -0.1) is 0 Å². The molecular formula is C19H26ClN3O4. The number of anilines is 1. The molecular weight excluding hydrogens is 370 g/mol. The molecule has 27 heavy (non-hydrogen) atoms. The number of rotatable bonds is 8. The molecule has 1 fully saturated rings. The first-order valence-corrected chi connectivity index (χ1v) is 9.53. The molecule has 1 aliphatic heterocycles. The van der Waals surface area contributed by atoms with Gasteiger partial charge in [-0.3, -0.25) is 14.4 Å². The molecule has 0 aliphatic carbocycles. The average molecular weight is 396 g/mol. The van der Waals surface area contributed by atoms with Gasteiger partial charge in [0.2, 0.25) is 11.8 Å². The maximum absolute atomic E-state index is 12.6. The number of amides is 2. The van der Waals surface area contributed by atoms with Crippen LogP contribution in [-0.4, -0.2) is 55.0 Å². The Morgan fingerprint density at radius 2 is 2.19 bits per heavy atom. The van der Waals surface area contributed by atoms with Crippen molar-refractivity contribution in [3.05, 3.63) is 28.8 Å². The molecule has 1 aliphatic rings. The quantitative estimate of drug-likeness (QED) is 0.520. The smallest absolute Gasteiger partial charge is 0.308 e. The minimum Gasteiger partial charge on any atom is -0.466 e. The van der Waals surface area contributed by atoms with Gasteiger partial charge in [0.25, 0.3) is 0 Å². The van der Waals surface area contributed by atoms with Gasteiger partial charge in [-0.25, -0.2) is 0 Å². The van der Waals surface area contributed by atoms with Crippen molar-refractivity contribution in [2.75, 3.05) is 31.6 Å². The number of carbonyl (C=O) groups is 3. The van der Waals surface area contributed by atoms with Crippen molar-refractivity contribution in [1.82, 2.24) is 10.2 Å². The van der Waals surface area contributed by atoms with Crippen LogP contribution in [0.15, 0.2) is 18.2 Å². The molecule has 148 valence electrons. The molecule has 0 bridgehead atoms. The number of hydrogen-bond donors (Lipinski definition) is 2. The average Bonchev–Trinajstić information content (AvgIpc) is 2.64. The second-order valence-corrected chi connectivity index (χ2v) is 6.90. The predicted molar refractivity (Wildman–Crippen MR) is 104 cm³/mol. The molecule has 0 saturated carbocycles. The van der Waals surface area contributed by atoms with E-state index in [1.54, 1.807) is 6.07 Å². The van der Waals surface area contributed by atoms with E-state index >= 15 is 0 Å². The first-order chi connectivity index (χ1) is 12.9. The number of aryl methyl sites for hydroxylation is 1. The topological polar surface area (TPSA) is 87.7 Å². The Morgan fingerprint density at radius 1 is 1.41 bits per heavy atom. The lowest BCUT2D eigenvalue weighted by Gasteiger charge is -2.34. The minimum absolute atomic E-state index is 0.00799. The van der Waals surface area contributed by atoms with Gasteiger partial charge in [0.05, 0.1) is 19.6 Å². The van der Waals surface area contributed by atoms with Gasteiger partial charge in [0.1, 0.15) is 6.04 Å². The van der Waals surface area contributed by atoms with Crippen LogP contribution in [0.25, 0.3) is 0 Å². The van der Waals surface area contributed by atoms with Crippen LogP contribution in [0.1, 0.15) is 31.7 Å². The fraction of sp³-hybridized carbons (Fsp3) is 0.526. The normalized spacial score (nSPS) is 16.6. The van der Waals surface area contributed by atoms with Crippen LogP contribution in [0, 0.1) is 6.92 Å². The van der Waals surface area contributed by atoms with E-state index in [2.05, 4.69) is 10.6 Å². The second kappa shape index (κ2) is 10.2. The molecule has 1 aromatic rings. The highest BCUT2D eigenvalue weighted by Crippen LogP contribution is 2.20. The number of esters is 1. The molecule has 0 aromatic heterocycles. The summed E-state index contributed by atoms with van der Waals surface area (Å²) in [7, 11) is 0. The van der Waals surface area contributed by atoms with Gasteiger partial charge in [-0.2, -0.15) is 0 Å². The highest BCUT2D eigenvalue weighted by atomic mass is 35.5. The number of nitrogens with one attached hydrogen (secondary N) is 2. The molecule has 2 amide bonds. The molecule has 1 atom stereocenters. The van der Waals surface area contributed by atoms with Gasteiger partial charge >= 0.3 is 5.97 Å². The zero-order chi connectivity index (χ0) is 19.8. The molecule has 1 aromatic carbocycles. The molecule has 1 saturated heterocycles. The van der Waals surface area contributed by atoms with Crippen molar-refractivity contribution in [3.8, 4) is 0 Å². The summed E-state index contributed by atoms with van der Waals surface area (Å²) in [6, 6.07) is 4.60. The highest BCUT2D eigenvalue weighted by molar-refractivity contribution is 6.31. The van der Waals surface area contributed by atoms with Crippen LogP contribution < -0.4 is 10.6 Å². The molecule has 8 heteroatoms. The molecule has 0 radical (unpaired) electrons. The number of benzene rings is 1. The van der Waals surface area contributed by atoms with Gasteiger partial charge < -0.3 is 20.3 Å². The Bertz CT molecular complexity index is 696. The van der Waals surface area contributed by atoms with E-state index in [0.29, 0.717) is 24.7 Å². The number of ether oxygens (including phenoxy) is 1. The van der Waals surface area contributed by atoms with Crippen molar-refractivity contribution in [2.45, 2.75) is 39.2 Å². The zero-order valence-corrected chi connectivity index (χ0v) is 16.5. The maximum atomic E-state index is 12.6. The van der Waals surface area contributed by atoms with Gasteiger partial charge in [-0.05, 0) is 31.0 Å². The Labute approximate surface area is 164 Å². The van der Waals surface area contributed by atoms with Crippen molar-refractivity contribution < 1.29 is 19.1 Å². The third-order valence-corrected chi connectivity index (χ3v) is 4.79. The van der Waals surface area contributed by atoms with Gasteiger partial charge in [0.15, 0.2) is 0 Å². The van der Waals surface area contributed by atoms with Crippen LogP contribution in [-0.2, 0) is 19.1 Å². The summed E-state index contributed by atoms with van der Waals surface area (Å²) in [5, 5.41) is 6.32. The van der Waals surface area contributed by atoms with E-state index in [9.17, 15) is 14.4 Å². The Hall–Kier alpha value is -2.28. The van der Waals surface area contributed by atoms with Crippen LogP contribution in [0.3, 0.4) is 0 Å². The summed E-state index contributed by atoms with van der Waals surface area (Å²) in [5.41, 5.74) is 1.67. The maximum Gasteiger partial charge on any atom is 0.308 e. The van der Waals surface area contributed by atoms with Crippen LogP contribution >= 0.6 is 11.6 Å². The summed E-state index contributed by atoms with van der Waals surface area (Å²) in [4.78, 5) is 38.2. The molecule has 7 nitrogen and oxygen atoms in total. The largest absolute Gasteiger partial charge is 0.466 e. The lowest BCUT2D eigenvalue weighted by Crippen LogP contribution is -2.58. The molecule has 2 rings (SSSR count). The number of unbranched alkanes of at least 4 members (excludes halogenated alkanes) is 1. The van der Waals surface area contributed by atoms with Crippen LogP contribution in [0.5, 0.6) is 0 Å². The van der Waals surface area contributed by atoms with Crippen molar-refractivity contribution in [1.29, 1.82) is 0 Å². The van der Waals surface area contributed by atoms with E-state index in [0.717, 1.165) is 24.1 Å². The van der Waals surface area contributed by atoms with Crippen molar-refractivity contribution in [2.24, 2.45) is 0 Å². The van der Waals surface area contributed by atoms with E-state index in [1.807, 2.05) is 26.0 Å². The summed E-state index contributed by atoms with van der Waals surface area (Å²) in [5.74, 6) is -1.06. The Kier molecular flexibility index (Phi) is 7.91. The van der Waals surface area contributed by atoms with E-state index in [4.69, 9.17) is 16.3 Å². The summed E-state index contributed by atoms with van der Waals surface area (Å²) < 4.78 is 5.13. The zero-order valence-electron chi connectivity index (χ0n) is 15.7. The first kappa shape index (κ1) is 21.0. The number of halogens is 1. The summed E-state index contributed by atoms with van der Waals surface area (Å²) in [6.07, 6.45) is 1.54. The number of hydrogen-bond acceptors (Lipinski definition) is 5. The lowest BCUT2D eigenvalue weighted by atomic mass is 10.1. The fourth-order valence-corrected chi connectivity index (χ4v) is 2.93. The second-order valence-electron chi connectivity index (χ2n) is 6.49. The van der Waals surface area contributed by atoms with Gasteiger partial charge in [0, 0.05) is 23.8 Å². The van der Waals surface area contributed by atoms with Crippen LogP contribution in [0.4, 0.5) is 5.69 Å². The highest BCUT2D eigenvalue weighted by Gasteiger charge is 2.34. The standard InChI is InChI=1S/C19H26ClN3O4/c1-3-4-9-27-18(25)11-16-19(26)21-7-8-23(16)17(24)12-22-14-6-5-13(2)15(20)10-14/h5-6,10,16,22H,3-4,7-9,11-12H2,1-2H3,(H,21,26). The fourth-order valence-electron chi connectivity index (χ4n) is 2.75. The summed E-state index contributed by atoms with van der Waals surface area (Å²) >= 11 is 6.09. The molecule has 0 spiro atoms. The minimum atomic E-state index is -0.844. The Morgan fingerprint density at radius 3 is 2.89 bits per heavy atom. The molecule has 2 N–H and O–H groups in total. The molecule has 1 unspecified atom stereocenters. The van der Waals surface area contributed by atoms with Crippen molar-refractivity contribution >= 4 is 35.1 Å².